The first-order chi connectivity index (χ1) is 7.29. The Morgan fingerprint density at radius 2 is 2.00 bits per heavy atom. The molecule has 2 fully saturated rings. The van der Waals surface area contributed by atoms with Crippen molar-refractivity contribution in [1.82, 2.24) is 5.32 Å². The van der Waals surface area contributed by atoms with Crippen molar-refractivity contribution in [2.24, 2.45) is 11.8 Å². The van der Waals surface area contributed by atoms with Gasteiger partial charge in [0.05, 0.1) is 18.1 Å². The summed E-state index contributed by atoms with van der Waals surface area (Å²) in [5, 5.41) is 21.7. The third-order valence-corrected chi connectivity index (χ3v) is 3.81. The fourth-order valence-corrected chi connectivity index (χ4v) is 2.71. The minimum atomic E-state index is -0.0603. The number of nitrogens with one attached hydrogen (secondary N) is 1. The third kappa shape index (κ3) is 2.70. The van der Waals surface area contributed by atoms with E-state index in [0.717, 1.165) is 32.2 Å². The lowest BCUT2D eigenvalue weighted by atomic mass is 9.81. The summed E-state index contributed by atoms with van der Waals surface area (Å²) in [6, 6.07) is 2.81. The molecular weight excluding hydrogens is 188 g/mol. The minimum absolute atomic E-state index is 0.0603. The molecule has 2 aliphatic carbocycles. The van der Waals surface area contributed by atoms with E-state index in [1.807, 2.05) is 0 Å². The van der Waals surface area contributed by atoms with Crippen molar-refractivity contribution in [3.63, 3.8) is 0 Å². The van der Waals surface area contributed by atoms with E-state index in [9.17, 15) is 5.11 Å². The van der Waals surface area contributed by atoms with Crippen LogP contribution in [-0.4, -0.2) is 23.8 Å². The van der Waals surface area contributed by atoms with Crippen LogP contribution in [0, 0.1) is 23.2 Å². The Balaban J connectivity index is 1.70. The number of nitriles is 1. The van der Waals surface area contributed by atoms with E-state index in [1.54, 1.807) is 0 Å². The van der Waals surface area contributed by atoms with Crippen molar-refractivity contribution in [1.29, 1.82) is 5.26 Å². The fraction of sp³-hybridized carbons (Fsp3) is 0.917. The van der Waals surface area contributed by atoms with Gasteiger partial charge in [0.1, 0.15) is 0 Å². The number of aliphatic hydroxyl groups excluding tert-OH is 1. The van der Waals surface area contributed by atoms with Crippen molar-refractivity contribution in [3.05, 3.63) is 0 Å². The molecule has 0 spiro atoms. The van der Waals surface area contributed by atoms with Crippen LogP contribution in [-0.2, 0) is 0 Å². The van der Waals surface area contributed by atoms with Gasteiger partial charge in [0, 0.05) is 6.04 Å². The molecule has 0 aromatic heterocycles. The van der Waals surface area contributed by atoms with Crippen LogP contribution in [0.1, 0.15) is 38.5 Å². The first-order valence-electron chi connectivity index (χ1n) is 6.10. The molecule has 2 rings (SSSR count). The van der Waals surface area contributed by atoms with E-state index in [0.29, 0.717) is 12.0 Å². The predicted octanol–water partition coefficient (Wildman–Crippen LogP) is 1.43. The molecule has 2 aliphatic rings. The molecule has 0 aliphatic heterocycles. The molecule has 0 aromatic rings. The van der Waals surface area contributed by atoms with Gasteiger partial charge in [-0.15, -0.1) is 0 Å². The summed E-state index contributed by atoms with van der Waals surface area (Å²) in [6.45, 7) is 0.986. The number of aliphatic hydroxyl groups is 1. The quantitative estimate of drug-likeness (QED) is 0.737. The predicted molar refractivity (Wildman–Crippen MR) is 58.1 cm³/mol. The maximum atomic E-state index is 9.17. The second-order valence-electron chi connectivity index (χ2n) is 5.03. The lowest BCUT2D eigenvalue weighted by molar-refractivity contribution is 0.0406. The van der Waals surface area contributed by atoms with E-state index in [2.05, 4.69) is 11.4 Å². The zero-order chi connectivity index (χ0) is 10.7. The lowest BCUT2D eigenvalue weighted by Crippen LogP contribution is -2.44. The van der Waals surface area contributed by atoms with Crippen LogP contribution in [0.4, 0.5) is 0 Å². The first-order valence-corrected chi connectivity index (χ1v) is 6.10. The van der Waals surface area contributed by atoms with Crippen LogP contribution >= 0.6 is 0 Å². The van der Waals surface area contributed by atoms with Crippen molar-refractivity contribution in [2.45, 2.75) is 50.7 Å². The van der Waals surface area contributed by atoms with Gasteiger partial charge in [0.2, 0.25) is 0 Å². The highest BCUT2D eigenvalue weighted by Crippen LogP contribution is 2.28. The van der Waals surface area contributed by atoms with Gasteiger partial charge in [-0.25, -0.2) is 0 Å². The highest BCUT2D eigenvalue weighted by Gasteiger charge is 2.29. The van der Waals surface area contributed by atoms with Gasteiger partial charge in [-0.2, -0.15) is 5.26 Å². The molecule has 3 heteroatoms. The number of hydrogen-bond acceptors (Lipinski definition) is 3. The van der Waals surface area contributed by atoms with Crippen LogP contribution in [0.3, 0.4) is 0 Å². The van der Waals surface area contributed by atoms with Crippen LogP contribution in [0.5, 0.6) is 0 Å². The van der Waals surface area contributed by atoms with Crippen LogP contribution in [0.25, 0.3) is 0 Å². The summed E-state index contributed by atoms with van der Waals surface area (Å²) in [5.74, 6) is 0.852. The number of hydrogen-bond donors (Lipinski definition) is 2. The van der Waals surface area contributed by atoms with Crippen LogP contribution < -0.4 is 5.32 Å². The Labute approximate surface area is 91.5 Å². The van der Waals surface area contributed by atoms with E-state index in [4.69, 9.17) is 5.26 Å². The van der Waals surface area contributed by atoms with Crippen molar-refractivity contribution >= 4 is 0 Å². The Hall–Kier alpha value is -0.590. The van der Waals surface area contributed by atoms with Crippen LogP contribution in [0.2, 0.25) is 0 Å². The van der Waals surface area contributed by atoms with Crippen molar-refractivity contribution in [3.8, 4) is 6.07 Å². The molecule has 3 nitrogen and oxygen atoms in total. The molecule has 2 N–H and O–H groups in total. The van der Waals surface area contributed by atoms with Gasteiger partial charge < -0.3 is 10.4 Å². The van der Waals surface area contributed by atoms with Crippen LogP contribution in [0.15, 0.2) is 0 Å². The molecule has 15 heavy (non-hydrogen) atoms. The van der Waals surface area contributed by atoms with Gasteiger partial charge in [-0.1, -0.05) is 12.8 Å². The molecule has 0 bridgehead atoms. The average Bonchev–Trinajstić information content (AvgIpc) is 2.23. The second kappa shape index (κ2) is 4.96. The maximum Gasteiger partial charge on any atom is 0.0672 e. The van der Waals surface area contributed by atoms with Gasteiger partial charge in [-0.05, 0) is 38.1 Å². The first kappa shape index (κ1) is 10.9. The SMILES string of the molecule is N#CC1CCCCC1NCC1CC(O)C1. The molecule has 0 saturated heterocycles. The Morgan fingerprint density at radius 1 is 1.27 bits per heavy atom. The largest absolute Gasteiger partial charge is 0.393 e. The summed E-state index contributed by atoms with van der Waals surface area (Å²) >= 11 is 0. The number of rotatable bonds is 3. The van der Waals surface area contributed by atoms with Gasteiger partial charge in [0.25, 0.3) is 0 Å². The molecule has 0 amide bonds. The topological polar surface area (TPSA) is 56.0 Å². The van der Waals surface area contributed by atoms with E-state index in [1.165, 1.54) is 12.8 Å². The summed E-state index contributed by atoms with van der Waals surface area (Å²) in [4.78, 5) is 0. The molecular formula is C12H20N2O. The molecule has 0 radical (unpaired) electrons. The van der Waals surface area contributed by atoms with E-state index >= 15 is 0 Å². The van der Waals surface area contributed by atoms with E-state index < -0.39 is 0 Å². The maximum absolute atomic E-state index is 9.17. The standard InChI is InChI=1S/C12H20N2O/c13-7-10-3-1-2-4-12(10)14-8-9-5-11(15)6-9/h9-12,14-15H,1-6,8H2. The monoisotopic (exact) mass is 208 g/mol. The summed E-state index contributed by atoms with van der Waals surface area (Å²) in [6.07, 6.45) is 6.49. The van der Waals surface area contributed by atoms with Crippen molar-refractivity contribution < 1.29 is 5.11 Å². The highest BCUT2D eigenvalue weighted by atomic mass is 16.3. The zero-order valence-electron chi connectivity index (χ0n) is 9.15. The molecule has 2 saturated carbocycles. The highest BCUT2D eigenvalue weighted by molar-refractivity contribution is 4.95. The summed E-state index contributed by atoms with van der Waals surface area (Å²) in [5.41, 5.74) is 0. The summed E-state index contributed by atoms with van der Waals surface area (Å²) in [7, 11) is 0. The smallest absolute Gasteiger partial charge is 0.0672 e. The zero-order valence-corrected chi connectivity index (χ0v) is 9.15. The minimum Gasteiger partial charge on any atom is -0.393 e. The molecule has 0 aromatic carbocycles. The normalized spacial score (nSPS) is 40.5. The second-order valence-corrected chi connectivity index (χ2v) is 5.03. The third-order valence-electron chi connectivity index (χ3n) is 3.81. The van der Waals surface area contributed by atoms with Gasteiger partial charge in [-0.3, -0.25) is 0 Å². The van der Waals surface area contributed by atoms with E-state index in [-0.39, 0.29) is 12.0 Å². The molecule has 0 heterocycles. The molecule has 2 unspecified atom stereocenters. The summed E-state index contributed by atoms with van der Waals surface area (Å²) < 4.78 is 0. The Bertz CT molecular complexity index is 242. The molecule has 2 atom stereocenters. The lowest BCUT2D eigenvalue weighted by Gasteiger charge is -2.35. The average molecular weight is 208 g/mol. The van der Waals surface area contributed by atoms with Gasteiger partial charge >= 0.3 is 0 Å². The Morgan fingerprint density at radius 3 is 2.67 bits per heavy atom. The molecule has 84 valence electrons. The fourth-order valence-electron chi connectivity index (χ4n) is 2.71. The Kier molecular flexibility index (Phi) is 3.61. The number of nitrogens with zero attached hydrogens (tertiary/aromatic N) is 1. The van der Waals surface area contributed by atoms with Crippen molar-refractivity contribution in [2.75, 3.05) is 6.54 Å². The van der Waals surface area contributed by atoms with Gasteiger partial charge in [0.15, 0.2) is 0 Å².